The van der Waals surface area contributed by atoms with Gasteiger partial charge in [0.15, 0.2) is 0 Å². The number of benzene rings is 2. The Hall–Kier alpha value is -1.77. The first-order chi connectivity index (χ1) is 11.8. The highest BCUT2D eigenvalue weighted by Crippen LogP contribution is 2.34. The molecular formula is C21H23Cl2NO. The van der Waals surface area contributed by atoms with Crippen molar-refractivity contribution in [3.63, 3.8) is 0 Å². The van der Waals surface area contributed by atoms with Crippen LogP contribution in [0.2, 0.25) is 10.0 Å². The van der Waals surface area contributed by atoms with Crippen molar-refractivity contribution < 1.29 is 4.79 Å². The van der Waals surface area contributed by atoms with E-state index in [-0.39, 0.29) is 5.91 Å². The van der Waals surface area contributed by atoms with Gasteiger partial charge in [0, 0.05) is 22.2 Å². The predicted molar refractivity (Wildman–Crippen MR) is 108 cm³/mol. The summed E-state index contributed by atoms with van der Waals surface area (Å²) >= 11 is 12.4. The Kier molecular flexibility index (Phi) is 6.69. The zero-order chi connectivity index (χ0) is 18.6. The molecule has 0 saturated heterocycles. The molecule has 0 saturated carbocycles. The van der Waals surface area contributed by atoms with Crippen molar-refractivity contribution in [1.82, 2.24) is 5.32 Å². The number of allylic oxidation sites excluding steroid dienone is 1. The first kappa shape index (κ1) is 19.6. The minimum absolute atomic E-state index is 0.0354. The van der Waals surface area contributed by atoms with Crippen LogP contribution in [-0.2, 0) is 4.79 Å². The van der Waals surface area contributed by atoms with Crippen molar-refractivity contribution in [2.75, 3.05) is 6.54 Å². The summed E-state index contributed by atoms with van der Waals surface area (Å²) in [6.07, 6.45) is 0.912. The molecule has 1 amide bonds. The Morgan fingerprint density at radius 3 is 2.28 bits per heavy atom. The summed E-state index contributed by atoms with van der Waals surface area (Å²) in [5.41, 5.74) is 5.81. The van der Waals surface area contributed by atoms with E-state index in [9.17, 15) is 4.79 Å². The third-order valence-electron chi connectivity index (χ3n) is 4.37. The molecule has 0 aromatic heterocycles. The zero-order valence-electron chi connectivity index (χ0n) is 15.0. The molecule has 0 unspecified atom stereocenters. The van der Waals surface area contributed by atoms with Gasteiger partial charge in [0.2, 0.25) is 5.91 Å². The Labute approximate surface area is 159 Å². The summed E-state index contributed by atoms with van der Waals surface area (Å²) in [7, 11) is 0. The van der Waals surface area contributed by atoms with Gasteiger partial charge < -0.3 is 5.32 Å². The third-order valence-corrected chi connectivity index (χ3v) is 4.84. The number of halogens is 2. The largest absolute Gasteiger partial charge is 0.352 e. The van der Waals surface area contributed by atoms with Crippen molar-refractivity contribution in [1.29, 1.82) is 0 Å². The van der Waals surface area contributed by atoms with E-state index >= 15 is 0 Å². The average molecular weight is 376 g/mol. The molecule has 0 aliphatic heterocycles. The second kappa shape index (κ2) is 8.55. The molecule has 2 nitrogen and oxygen atoms in total. The summed E-state index contributed by atoms with van der Waals surface area (Å²) in [6.45, 7) is 8.57. The number of nitrogens with one attached hydrogen (secondary N) is 1. The molecular weight excluding hydrogens is 353 g/mol. The van der Waals surface area contributed by atoms with Crippen molar-refractivity contribution in [2.24, 2.45) is 0 Å². The summed E-state index contributed by atoms with van der Waals surface area (Å²) in [5.74, 6) is -0.0354. The van der Waals surface area contributed by atoms with Crippen LogP contribution in [0.1, 0.15) is 38.3 Å². The van der Waals surface area contributed by atoms with Crippen LogP contribution in [0.3, 0.4) is 0 Å². The maximum atomic E-state index is 12.3. The van der Waals surface area contributed by atoms with Crippen molar-refractivity contribution >= 4 is 34.7 Å². The van der Waals surface area contributed by atoms with Gasteiger partial charge in [-0.15, -0.1) is 0 Å². The molecule has 1 N–H and O–H groups in total. The topological polar surface area (TPSA) is 29.1 Å². The number of hydrogen-bond donors (Lipinski definition) is 1. The average Bonchev–Trinajstić information content (AvgIpc) is 2.60. The van der Waals surface area contributed by atoms with Crippen LogP contribution in [0.4, 0.5) is 0 Å². The number of carbonyl (C=O) groups excluding carboxylic acids is 1. The van der Waals surface area contributed by atoms with E-state index in [0.29, 0.717) is 22.2 Å². The lowest BCUT2D eigenvalue weighted by Crippen LogP contribution is -2.25. The van der Waals surface area contributed by atoms with Gasteiger partial charge in [-0.05, 0) is 79.3 Å². The minimum atomic E-state index is -0.0354. The first-order valence-electron chi connectivity index (χ1n) is 8.37. The molecule has 0 fully saturated rings. The predicted octanol–water partition coefficient (Wildman–Crippen LogP) is 6.29. The number of carbonyl (C=O) groups is 1. The number of hydrogen-bond acceptors (Lipinski definition) is 1. The number of amides is 1. The Morgan fingerprint density at radius 1 is 1.04 bits per heavy atom. The second-order valence-electron chi connectivity index (χ2n) is 6.14. The van der Waals surface area contributed by atoms with E-state index in [1.807, 2.05) is 57.2 Å². The van der Waals surface area contributed by atoms with Crippen LogP contribution < -0.4 is 5.32 Å². The van der Waals surface area contributed by atoms with Gasteiger partial charge in [0.05, 0.1) is 0 Å². The van der Waals surface area contributed by atoms with E-state index in [4.69, 9.17) is 23.2 Å². The molecule has 0 heterocycles. The highest BCUT2D eigenvalue weighted by molar-refractivity contribution is 6.31. The summed E-state index contributed by atoms with van der Waals surface area (Å²) in [5, 5.41) is 4.27. The highest BCUT2D eigenvalue weighted by atomic mass is 35.5. The van der Waals surface area contributed by atoms with Gasteiger partial charge in [-0.2, -0.15) is 0 Å². The van der Waals surface area contributed by atoms with E-state index in [0.717, 1.165) is 34.2 Å². The van der Waals surface area contributed by atoms with Crippen LogP contribution in [0.25, 0.3) is 16.7 Å². The van der Waals surface area contributed by atoms with Crippen LogP contribution in [0.15, 0.2) is 42.0 Å². The molecule has 0 radical (unpaired) electrons. The first-order valence-corrected chi connectivity index (χ1v) is 9.12. The van der Waals surface area contributed by atoms with Gasteiger partial charge in [0.25, 0.3) is 0 Å². The molecule has 2 aromatic rings. The lowest BCUT2D eigenvalue weighted by molar-refractivity contribution is -0.117. The molecule has 2 rings (SSSR count). The summed E-state index contributed by atoms with van der Waals surface area (Å²) in [4.78, 5) is 12.3. The number of rotatable bonds is 5. The quantitative estimate of drug-likeness (QED) is 0.611. The molecule has 0 aliphatic carbocycles. The van der Waals surface area contributed by atoms with Crippen LogP contribution in [-0.4, -0.2) is 12.5 Å². The van der Waals surface area contributed by atoms with Crippen molar-refractivity contribution in [3.05, 3.63) is 63.1 Å². The van der Waals surface area contributed by atoms with E-state index < -0.39 is 0 Å². The van der Waals surface area contributed by atoms with Crippen molar-refractivity contribution in [3.8, 4) is 11.1 Å². The summed E-state index contributed by atoms with van der Waals surface area (Å²) in [6, 6.07) is 11.5. The van der Waals surface area contributed by atoms with Gasteiger partial charge >= 0.3 is 0 Å². The van der Waals surface area contributed by atoms with Gasteiger partial charge in [-0.25, -0.2) is 0 Å². The maximum absolute atomic E-state index is 12.3. The maximum Gasteiger partial charge on any atom is 0.247 e. The highest BCUT2D eigenvalue weighted by Gasteiger charge is 2.14. The van der Waals surface area contributed by atoms with Gasteiger partial charge in [0.1, 0.15) is 0 Å². The normalized spacial score (nSPS) is 11.9. The lowest BCUT2D eigenvalue weighted by Gasteiger charge is -2.16. The molecule has 132 valence electrons. The Bertz CT molecular complexity index is 807. The second-order valence-corrected chi connectivity index (χ2v) is 7.01. The van der Waals surface area contributed by atoms with Gasteiger partial charge in [-0.1, -0.05) is 42.3 Å². The molecule has 0 spiro atoms. The molecule has 0 atom stereocenters. The van der Waals surface area contributed by atoms with E-state index in [1.54, 1.807) is 0 Å². The molecule has 0 bridgehead atoms. The standard InChI is InChI=1S/C21H23Cl2NO/c1-5-10-24-21(25)14(3)13(2)19-11-18(23)12-20(15(19)4)16-6-8-17(22)9-7-16/h6-9,11-12H,5,10H2,1-4H3,(H,24,25)/b14-13+. The van der Waals surface area contributed by atoms with Crippen LogP contribution >= 0.6 is 23.2 Å². The van der Waals surface area contributed by atoms with E-state index in [2.05, 4.69) is 12.2 Å². The molecule has 2 aromatic carbocycles. The fraction of sp³-hybridized carbons (Fsp3) is 0.286. The smallest absolute Gasteiger partial charge is 0.247 e. The molecule has 0 aliphatic rings. The third kappa shape index (κ3) is 4.65. The SMILES string of the molecule is CCCNC(=O)/C(C)=C(\C)c1cc(Cl)cc(-c2ccc(Cl)cc2)c1C. The van der Waals surface area contributed by atoms with Crippen LogP contribution in [0.5, 0.6) is 0 Å². The van der Waals surface area contributed by atoms with Crippen molar-refractivity contribution in [2.45, 2.75) is 34.1 Å². The summed E-state index contributed by atoms with van der Waals surface area (Å²) < 4.78 is 0. The van der Waals surface area contributed by atoms with E-state index in [1.165, 1.54) is 0 Å². The Morgan fingerprint density at radius 2 is 1.68 bits per heavy atom. The van der Waals surface area contributed by atoms with Crippen LogP contribution in [0, 0.1) is 6.92 Å². The monoisotopic (exact) mass is 375 g/mol. The minimum Gasteiger partial charge on any atom is -0.352 e. The fourth-order valence-electron chi connectivity index (χ4n) is 2.74. The molecule has 4 heteroatoms. The fourth-order valence-corrected chi connectivity index (χ4v) is 3.09. The molecule has 25 heavy (non-hydrogen) atoms. The van der Waals surface area contributed by atoms with Gasteiger partial charge in [-0.3, -0.25) is 4.79 Å². The Balaban J connectivity index is 2.52. The zero-order valence-corrected chi connectivity index (χ0v) is 16.6. The lowest BCUT2D eigenvalue weighted by atomic mass is 9.91.